The lowest BCUT2D eigenvalue weighted by atomic mass is 9.96. The molecule has 26 heavy (non-hydrogen) atoms. The van der Waals surface area contributed by atoms with E-state index in [2.05, 4.69) is 10.6 Å². The number of hydrogen-bond donors (Lipinski definition) is 2. The summed E-state index contributed by atoms with van der Waals surface area (Å²) in [5, 5.41) is 5.47. The summed E-state index contributed by atoms with van der Waals surface area (Å²) in [5.74, 6) is 0.717. The van der Waals surface area contributed by atoms with Crippen LogP contribution in [0.3, 0.4) is 0 Å². The van der Waals surface area contributed by atoms with Crippen molar-refractivity contribution in [2.45, 2.75) is 19.8 Å². The number of carbonyl (C=O) groups is 3. The van der Waals surface area contributed by atoms with Crippen molar-refractivity contribution in [3.05, 3.63) is 17.7 Å². The van der Waals surface area contributed by atoms with Gasteiger partial charge >= 0.3 is 0 Å². The first-order chi connectivity index (χ1) is 12.5. The van der Waals surface area contributed by atoms with Crippen LogP contribution in [0.5, 0.6) is 11.5 Å². The number of anilines is 1. The zero-order valence-electron chi connectivity index (χ0n) is 15.0. The Morgan fingerprint density at radius 1 is 1.15 bits per heavy atom. The van der Waals surface area contributed by atoms with Crippen molar-refractivity contribution in [3.63, 3.8) is 0 Å². The van der Waals surface area contributed by atoms with Gasteiger partial charge in [-0.15, -0.1) is 0 Å². The van der Waals surface area contributed by atoms with Crippen LogP contribution in [0, 0.1) is 5.92 Å². The molecular weight excluding hydrogens is 338 g/mol. The second-order valence-corrected chi connectivity index (χ2v) is 6.52. The van der Waals surface area contributed by atoms with Crippen LogP contribution in [0.15, 0.2) is 12.1 Å². The Morgan fingerprint density at radius 2 is 1.81 bits per heavy atom. The van der Waals surface area contributed by atoms with Gasteiger partial charge in [0.2, 0.25) is 18.6 Å². The van der Waals surface area contributed by atoms with Gasteiger partial charge in [0.1, 0.15) is 0 Å². The van der Waals surface area contributed by atoms with Gasteiger partial charge in [0.05, 0.1) is 12.2 Å². The van der Waals surface area contributed by atoms with Gasteiger partial charge in [-0.3, -0.25) is 19.3 Å². The van der Waals surface area contributed by atoms with Crippen LogP contribution in [-0.4, -0.2) is 56.0 Å². The lowest BCUT2D eigenvalue weighted by Gasteiger charge is -2.30. The number of ether oxygens (including phenoxy) is 2. The predicted octanol–water partition coefficient (Wildman–Crippen LogP) is 1.01. The Balaban J connectivity index is 1.61. The van der Waals surface area contributed by atoms with Gasteiger partial charge < -0.3 is 20.1 Å². The molecular formula is C18H23N3O5. The van der Waals surface area contributed by atoms with Crippen molar-refractivity contribution in [2.75, 3.05) is 38.8 Å². The first-order valence-corrected chi connectivity index (χ1v) is 8.66. The van der Waals surface area contributed by atoms with Crippen molar-refractivity contribution in [1.82, 2.24) is 10.2 Å². The van der Waals surface area contributed by atoms with E-state index in [9.17, 15) is 14.4 Å². The number of Topliss-reactive ketones (excluding diaryl/α,β-unsaturated/α-hetero) is 1. The summed E-state index contributed by atoms with van der Waals surface area (Å²) in [6.45, 7) is 3.13. The van der Waals surface area contributed by atoms with Gasteiger partial charge in [0.25, 0.3) is 0 Å². The summed E-state index contributed by atoms with van der Waals surface area (Å²) in [7, 11) is 1.64. The van der Waals surface area contributed by atoms with Crippen molar-refractivity contribution in [1.29, 1.82) is 0 Å². The standard InChI is InChI=1S/C18H23N3O5/c1-11(22)13-7-15-16(26-10-25-15)8-14(13)20-17(23)9-21-5-3-12(4-6-21)18(24)19-2/h7-8,12H,3-6,9-10H2,1-2H3,(H,19,24)(H,20,23). The maximum atomic E-state index is 12.4. The number of benzene rings is 1. The quantitative estimate of drug-likeness (QED) is 0.760. The molecule has 8 heteroatoms. The van der Waals surface area contributed by atoms with Gasteiger partial charge in [-0.05, 0) is 38.9 Å². The number of nitrogens with one attached hydrogen (secondary N) is 2. The summed E-state index contributed by atoms with van der Waals surface area (Å²) >= 11 is 0. The normalized spacial score (nSPS) is 17.0. The Labute approximate surface area is 151 Å². The molecule has 140 valence electrons. The van der Waals surface area contributed by atoms with Crippen molar-refractivity contribution >= 4 is 23.3 Å². The zero-order chi connectivity index (χ0) is 18.7. The summed E-state index contributed by atoms with van der Waals surface area (Å²) in [6.07, 6.45) is 1.46. The number of fused-ring (bicyclic) bond motifs is 1. The van der Waals surface area contributed by atoms with Crippen LogP contribution in [0.2, 0.25) is 0 Å². The number of amides is 2. The third-order valence-electron chi connectivity index (χ3n) is 4.74. The van der Waals surface area contributed by atoms with Gasteiger partial charge in [-0.2, -0.15) is 0 Å². The van der Waals surface area contributed by atoms with E-state index >= 15 is 0 Å². The average molecular weight is 361 g/mol. The highest BCUT2D eigenvalue weighted by Gasteiger charge is 2.26. The largest absolute Gasteiger partial charge is 0.454 e. The SMILES string of the molecule is CNC(=O)C1CCN(CC(=O)Nc2cc3c(cc2C(C)=O)OCO3)CC1. The highest BCUT2D eigenvalue weighted by atomic mass is 16.7. The van der Waals surface area contributed by atoms with Crippen LogP contribution in [-0.2, 0) is 9.59 Å². The van der Waals surface area contributed by atoms with E-state index in [0.29, 0.717) is 35.8 Å². The Morgan fingerprint density at radius 3 is 2.42 bits per heavy atom. The second-order valence-electron chi connectivity index (χ2n) is 6.52. The van der Waals surface area contributed by atoms with Crippen molar-refractivity contribution < 1.29 is 23.9 Å². The molecule has 8 nitrogen and oxygen atoms in total. The molecule has 0 spiro atoms. The van der Waals surface area contributed by atoms with Crippen molar-refractivity contribution in [2.24, 2.45) is 5.92 Å². The molecule has 0 unspecified atom stereocenters. The van der Waals surface area contributed by atoms with Crippen LogP contribution >= 0.6 is 0 Å². The third kappa shape index (κ3) is 3.96. The fourth-order valence-corrected chi connectivity index (χ4v) is 3.29. The first kappa shape index (κ1) is 18.2. The molecule has 1 saturated heterocycles. The molecule has 1 aromatic carbocycles. The lowest BCUT2D eigenvalue weighted by molar-refractivity contribution is -0.126. The molecule has 1 aromatic rings. The van der Waals surface area contributed by atoms with Gasteiger partial charge in [-0.1, -0.05) is 0 Å². The number of ketones is 1. The smallest absolute Gasteiger partial charge is 0.238 e. The van der Waals surface area contributed by atoms with Crippen LogP contribution < -0.4 is 20.1 Å². The number of nitrogens with zero attached hydrogens (tertiary/aromatic N) is 1. The predicted molar refractivity (Wildman–Crippen MR) is 94.4 cm³/mol. The Bertz CT molecular complexity index is 726. The highest BCUT2D eigenvalue weighted by Crippen LogP contribution is 2.37. The number of rotatable bonds is 5. The Hall–Kier alpha value is -2.61. The maximum Gasteiger partial charge on any atom is 0.238 e. The molecule has 2 aliphatic heterocycles. The zero-order valence-corrected chi connectivity index (χ0v) is 15.0. The maximum absolute atomic E-state index is 12.4. The van der Waals surface area contributed by atoms with E-state index in [0.717, 1.165) is 12.8 Å². The minimum atomic E-state index is -0.204. The Kier molecular flexibility index (Phi) is 5.41. The molecule has 0 bridgehead atoms. The minimum Gasteiger partial charge on any atom is -0.454 e. The molecule has 0 aromatic heterocycles. The van der Waals surface area contributed by atoms with E-state index in [-0.39, 0.29) is 36.9 Å². The molecule has 0 atom stereocenters. The summed E-state index contributed by atoms with van der Waals surface area (Å²) in [5.41, 5.74) is 0.813. The first-order valence-electron chi connectivity index (χ1n) is 8.66. The average Bonchev–Trinajstić information content (AvgIpc) is 3.08. The molecule has 2 aliphatic rings. The molecule has 0 aliphatic carbocycles. The highest BCUT2D eigenvalue weighted by molar-refractivity contribution is 6.05. The van der Waals surface area contributed by atoms with Gasteiger partial charge in [0, 0.05) is 24.6 Å². The summed E-state index contributed by atoms with van der Waals surface area (Å²) < 4.78 is 10.6. The van der Waals surface area contributed by atoms with Crippen LogP contribution in [0.1, 0.15) is 30.1 Å². The van der Waals surface area contributed by atoms with Crippen LogP contribution in [0.4, 0.5) is 5.69 Å². The number of carbonyl (C=O) groups excluding carboxylic acids is 3. The van der Waals surface area contributed by atoms with Crippen molar-refractivity contribution in [3.8, 4) is 11.5 Å². The molecule has 1 fully saturated rings. The molecule has 2 N–H and O–H groups in total. The fourth-order valence-electron chi connectivity index (χ4n) is 3.29. The van der Waals surface area contributed by atoms with E-state index in [4.69, 9.17) is 9.47 Å². The van der Waals surface area contributed by atoms with E-state index in [1.165, 1.54) is 6.92 Å². The van der Waals surface area contributed by atoms with E-state index in [1.54, 1.807) is 19.2 Å². The van der Waals surface area contributed by atoms with Crippen LogP contribution in [0.25, 0.3) is 0 Å². The van der Waals surface area contributed by atoms with E-state index < -0.39 is 0 Å². The molecule has 2 heterocycles. The molecule has 2 amide bonds. The number of hydrogen-bond acceptors (Lipinski definition) is 6. The molecule has 3 rings (SSSR count). The third-order valence-corrected chi connectivity index (χ3v) is 4.74. The van der Waals surface area contributed by atoms with Gasteiger partial charge in [0.15, 0.2) is 17.3 Å². The fraction of sp³-hybridized carbons (Fsp3) is 0.500. The molecule has 0 saturated carbocycles. The van der Waals surface area contributed by atoms with Gasteiger partial charge in [-0.25, -0.2) is 0 Å². The second kappa shape index (κ2) is 7.74. The topological polar surface area (TPSA) is 97.0 Å². The number of likely N-dealkylation sites (tertiary alicyclic amines) is 1. The number of piperidine rings is 1. The lowest BCUT2D eigenvalue weighted by Crippen LogP contribution is -2.42. The summed E-state index contributed by atoms with van der Waals surface area (Å²) in [4.78, 5) is 38.0. The molecule has 0 radical (unpaired) electrons. The monoisotopic (exact) mass is 361 g/mol. The minimum absolute atomic E-state index is 0.0116. The van der Waals surface area contributed by atoms with E-state index in [1.807, 2.05) is 4.90 Å². The summed E-state index contributed by atoms with van der Waals surface area (Å²) in [6, 6.07) is 3.21.